The number of rotatable bonds is 8. The molecule has 1 fully saturated rings. The second-order valence-corrected chi connectivity index (χ2v) is 12.7. The summed E-state index contributed by atoms with van der Waals surface area (Å²) in [5.41, 5.74) is 1.38. The summed E-state index contributed by atoms with van der Waals surface area (Å²) in [6.07, 6.45) is 1.74. The second kappa shape index (κ2) is 11.9. The van der Waals surface area contributed by atoms with E-state index < -0.39 is 5.54 Å². The molecule has 0 bridgehead atoms. The monoisotopic (exact) mass is 572 g/mol. The minimum absolute atomic E-state index is 0.000794. The fourth-order valence-electron chi connectivity index (χ4n) is 5.76. The summed E-state index contributed by atoms with van der Waals surface area (Å²) in [6, 6.07) is 13.1. The third-order valence-electron chi connectivity index (χ3n) is 7.60. The molecule has 3 amide bonds. The van der Waals surface area contributed by atoms with Crippen LogP contribution in [-0.2, 0) is 26.3 Å². The standard InChI is InChI=1S/C30H38Cl2N4O3/c1-20(37)35-13-10-22(11-14-35)27(38)33-12-15-36(19-29(2,3)4)30(18-21-6-5-7-23(31)16-21)25-9-8-24(32)17-26(25)34-28(30)39/h5-9,16-17,22H,10-15,18-19H2,1-4H3,(H,33,38)(H,34,39). The third kappa shape index (κ3) is 6.76. The van der Waals surface area contributed by atoms with Crippen molar-refractivity contribution in [3.8, 4) is 0 Å². The number of anilines is 1. The van der Waals surface area contributed by atoms with Crippen molar-refractivity contribution in [3.05, 3.63) is 63.6 Å². The van der Waals surface area contributed by atoms with Gasteiger partial charge in [0.05, 0.1) is 0 Å². The fraction of sp³-hybridized carbons (Fsp3) is 0.500. The summed E-state index contributed by atoms with van der Waals surface area (Å²) in [6.45, 7) is 10.7. The van der Waals surface area contributed by atoms with Gasteiger partial charge in [0, 0.05) is 73.3 Å². The van der Waals surface area contributed by atoms with Crippen LogP contribution < -0.4 is 10.6 Å². The number of piperidine rings is 1. The highest BCUT2D eigenvalue weighted by Gasteiger charge is 2.51. The van der Waals surface area contributed by atoms with Crippen molar-refractivity contribution in [1.82, 2.24) is 15.1 Å². The molecule has 0 aliphatic carbocycles. The van der Waals surface area contributed by atoms with Crippen LogP contribution in [0.2, 0.25) is 10.0 Å². The van der Waals surface area contributed by atoms with Crippen LogP contribution in [0.4, 0.5) is 5.69 Å². The molecule has 1 unspecified atom stereocenters. The van der Waals surface area contributed by atoms with E-state index in [1.54, 1.807) is 17.9 Å². The van der Waals surface area contributed by atoms with Crippen molar-refractivity contribution in [3.63, 3.8) is 0 Å². The summed E-state index contributed by atoms with van der Waals surface area (Å²) in [5, 5.41) is 7.36. The molecule has 2 aliphatic rings. The van der Waals surface area contributed by atoms with E-state index in [0.29, 0.717) is 67.7 Å². The molecule has 2 aromatic rings. The molecule has 0 aromatic heterocycles. The van der Waals surface area contributed by atoms with E-state index in [0.717, 1.165) is 11.1 Å². The maximum Gasteiger partial charge on any atom is 0.249 e. The number of carbonyl (C=O) groups is 3. The average molecular weight is 574 g/mol. The SMILES string of the molecule is CC(=O)N1CCC(C(=O)NCCN(CC(C)(C)C)C2(Cc3cccc(Cl)c3)C(=O)Nc3cc(Cl)ccc32)CC1. The first-order valence-corrected chi connectivity index (χ1v) is 14.3. The largest absolute Gasteiger partial charge is 0.355 e. The number of likely N-dealkylation sites (tertiary alicyclic amines) is 1. The van der Waals surface area contributed by atoms with Gasteiger partial charge in [0.2, 0.25) is 17.7 Å². The van der Waals surface area contributed by atoms with E-state index in [-0.39, 0.29) is 29.1 Å². The van der Waals surface area contributed by atoms with Crippen molar-refractivity contribution in [1.29, 1.82) is 0 Å². The molecule has 1 atom stereocenters. The Labute approximate surface area is 241 Å². The van der Waals surface area contributed by atoms with Crippen LogP contribution in [0.1, 0.15) is 51.7 Å². The van der Waals surface area contributed by atoms with E-state index in [1.807, 2.05) is 36.4 Å². The zero-order valence-corrected chi connectivity index (χ0v) is 24.7. The highest BCUT2D eigenvalue weighted by Crippen LogP contribution is 2.45. The fourth-order valence-corrected chi connectivity index (χ4v) is 6.15. The van der Waals surface area contributed by atoms with E-state index >= 15 is 0 Å². The number of amides is 3. The van der Waals surface area contributed by atoms with Crippen LogP contribution in [0.3, 0.4) is 0 Å². The van der Waals surface area contributed by atoms with Crippen LogP contribution >= 0.6 is 23.2 Å². The molecular weight excluding hydrogens is 535 g/mol. The number of benzene rings is 2. The van der Waals surface area contributed by atoms with Crippen LogP contribution in [0, 0.1) is 11.3 Å². The Bertz CT molecular complexity index is 1240. The van der Waals surface area contributed by atoms with Gasteiger partial charge in [-0.3, -0.25) is 19.3 Å². The van der Waals surface area contributed by atoms with Crippen molar-refractivity contribution in [2.75, 3.05) is 38.0 Å². The van der Waals surface area contributed by atoms with Crippen LogP contribution in [0.5, 0.6) is 0 Å². The second-order valence-electron chi connectivity index (χ2n) is 11.9. The van der Waals surface area contributed by atoms with Gasteiger partial charge in [0.15, 0.2) is 0 Å². The summed E-state index contributed by atoms with van der Waals surface area (Å²) in [4.78, 5) is 42.6. The normalized spacial score (nSPS) is 19.7. The highest BCUT2D eigenvalue weighted by atomic mass is 35.5. The number of hydrogen-bond donors (Lipinski definition) is 2. The number of nitrogens with one attached hydrogen (secondary N) is 2. The summed E-state index contributed by atoms with van der Waals surface area (Å²) in [7, 11) is 0. The Kier molecular flexibility index (Phi) is 8.94. The molecule has 1 saturated heterocycles. The van der Waals surface area contributed by atoms with Crippen LogP contribution in [-0.4, -0.2) is 60.2 Å². The minimum Gasteiger partial charge on any atom is -0.355 e. The predicted octanol–water partition coefficient (Wildman–Crippen LogP) is 5.11. The topological polar surface area (TPSA) is 81.8 Å². The summed E-state index contributed by atoms with van der Waals surface area (Å²) >= 11 is 12.6. The number of halogens is 2. The van der Waals surface area contributed by atoms with Crippen LogP contribution in [0.25, 0.3) is 0 Å². The number of hydrogen-bond acceptors (Lipinski definition) is 4. The third-order valence-corrected chi connectivity index (χ3v) is 8.07. The van der Waals surface area contributed by atoms with E-state index in [2.05, 4.69) is 36.3 Å². The Morgan fingerprint density at radius 1 is 1.10 bits per heavy atom. The smallest absolute Gasteiger partial charge is 0.249 e. The van der Waals surface area contributed by atoms with Gasteiger partial charge < -0.3 is 15.5 Å². The molecule has 2 aliphatic heterocycles. The van der Waals surface area contributed by atoms with Crippen molar-refractivity contribution in [2.45, 2.75) is 52.5 Å². The molecule has 2 heterocycles. The lowest BCUT2D eigenvalue weighted by molar-refractivity contribution is -0.134. The van der Waals surface area contributed by atoms with Crippen molar-refractivity contribution in [2.24, 2.45) is 11.3 Å². The molecule has 210 valence electrons. The van der Waals surface area contributed by atoms with Gasteiger partial charge in [0.1, 0.15) is 5.54 Å². The number of nitrogens with zero attached hydrogens (tertiary/aromatic N) is 2. The maximum atomic E-state index is 14.0. The van der Waals surface area contributed by atoms with Gasteiger partial charge >= 0.3 is 0 Å². The van der Waals surface area contributed by atoms with E-state index in [4.69, 9.17) is 23.2 Å². The van der Waals surface area contributed by atoms with Crippen LogP contribution in [0.15, 0.2) is 42.5 Å². The number of fused-ring (bicyclic) bond motifs is 1. The van der Waals surface area contributed by atoms with Gasteiger partial charge in [-0.1, -0.05) is 62.2 Å². The first kappa shape index (κ1) is 29.4. The van der Waals surface area contributed by atoms with Crippen molar-refractivity contribution < 1.29 is 14.4 Å². The molecule has 2 N–H and O–H groups in total. The first-order valence-electron chi connectivity index (χ1n) is 13.5. The molecule has 2 aromatic carbocycles. The van der Waals surface area contributed by atoms with Gasteiger partial charge in [0.25, 0.3) is 0 Å². The molecule has 39 heavy (non-hydrogen) atoms. The summed E-state index contributed by atoms with van der Waals surface area (Å²) in [5.74, 6) is -0.185. The number of carbonyl (C=O) groups excluding carboxylic acids is 3. The van der Waals surface area contributed by atoms with E-state index in [1.165, 1.54) is 0 Å². The Morgan fingerprint density at radius 2 is 1.79 bits per heavy atom. The zero-order chi connectivity index (χ0) is 28.4. The lowest BCUT2D eigenvalue weighted by atomic mass is 9.81. The maximum absolute atomic E-state index is 14.0. The molecule has 0 saturated carbocycles. The Morgan fingerprint density at radius 3 is 2.44 bits per heavy atom. The molecular formula is C30H38Cl2N4O3. The van der Waals surface area contributed by atoms with E-state index in [9.17, 15) is 14.4 Å². The quantitative estimate of drug-likeness (QED) is 0.460. The molecule has 9 heteroatoms. The average Bonchev–Trinajstić information content (AvgIpc) is 3.13. The van der Waals surface area contributed by atoms with Gasteiger partial charge in [-0.05, 0) is 48.1 Å². The Balaban J connectivity index is 1.61. The summed E-state index contributed by atoms with van der Waals surface area (Å²) < 4.78 is 0. The highest BCUT2D eigenvalue weighted by molar-refractivity contribution is 6.31. The zero-order valence-electron chi connectivity index (χ0n) is 23.2. The van der Waals surface area contributed by atoms with Crippen molar-refractivity contribution >= 4 is 46.6 Å². The lowest BCUT2D eigenvalue weighted by Crippen LogP contribution is -2.57. The molecule has 7 nitrogen and oxygen atoms in total. The lowest BCUT2D eigenvalue weighted by Gasteiger charge is -2.43. The molecule has 0 spiro atoms. The molecule has 4 rings (SSSR count). The van der Waals surface area contributed by atoms with Gasteiger partial charge in [-0.15, -0.1) is 0 Å². The molecule has 0 radical (unpaired) electrons. The first-order chi connectivity index (χ1) is 18.4. The predicted molar refractivity (Wildman–Crippen MR) is 156 cm³/mol. The minimum atomic E-state index is -1.00. The van der Waals surface area contributed by atoms with Gasteiger partial charge in [-0.2, -0.15) is 0 Å². The Hall–Kier alpha value is -2.61. The van der Waals surface area contributed by atoms with Gasteiger partial charge in [-0.25, -0.2) is 0 Å².